The molecule has 7 heteroatoms. The highest BCUT2D eigenvalue weighted by molar-refractivity contribution is 7.15. The summed E-state index contributed by atoms with van der Waals surface area (Å²) < 4.78 is 26.6. The summed E-state index contributed by atoms with van der Waals surface area (Å²) in [7, 11) is 0. The van der Waals surface area contributed by atoms with E-state index in [-0.39, 0.29) is 5.91 Å². The van der Waals surface area contributed by atoms with Crippen LogP contribution in [0.3, 0.4) is 0 Å². The number of carbonyl (C=O) groups is 1. The molecule has 0 aliphatic heterocycles. The standard InChI is InChI=1S/C18H15F2N3OS/c19-14-5-4-13(16(20)9-14)8-15-11-22-18(25-15)23-17(24)6-3-12-2-1-7-21-10-12/h1-2,4-5,7,9-11H,3,6,8H2,(H,22,23,24). The maximum atomic E-state index is 13.7. The molecule has 1 N–H and O–H groups in total. The molecule has 0 unspecified atom stereocenters. The summed E-state index contributed by atoms with van der Waals surface area (Å²) in [6.07, 6.45) is 6.22. The number of aromatic nitrogens is 2. The van der Waals surface area contributed by atoms with E-state index in [1.165, 1.54) is 23.5 Å². The maximum Gasteiger partial charge on any atom is 0.226 e. The Balaban J connectivity index is 1.55. The van der Waals surface area contributed by atoms with Crippen molar-refractivity contribution in [3.05, 3.63) is 76.6 Å². The lowest BCUT2D eigenvalue weighted by Gasteiger charge is -2.02. The smallest absolute Gasteiger partial charge is 0.226 e. The minimum absolute atomic E-state index is 0.141. The van der Waals surface area contributed by atoms with E-state index in [0.717, 1.165) is 16.5 Å². The fourth-order valence-corrected chi connectivity index (χ4v) is 3.14. The molecule has 3 aromatic rings. The molecule has 1 aromatic carbocycles. The number of aryl methyl sites for hydroxylation is 1. The van der Waals surface area contributed by atoms with E-state index in [9.17, 15) is 13.6 Å². The number of carbonyl (C=O) groups excluding carboxylic acids is 1. The van der Waals surface area contributed by atoms with Crippen molar-refractivity contribution in [1.29, 1.82) is 0 Å². The number of halogens is 2. The van der Waals surface area contributed by atoms with Crippen molar-refractivity contribution in [2.75, 3.05) is 5.32 Å². The van der Waals surface area contributed by atoms with Gasteiger partial charge in [0.25, 0.3) is 0 Å². The molecule has 2 heterocycles. The molecule has 0 atom stereocenters. The first kappa shape index (κ1) is 17.2. The van der Waals surface area contributed by atoms with E-state index in [1.807, 2.05) is 12.1 Å². The van der Waals surface area contributed by atoms with E-state index in [0.29, 0.717) is 30.0 Å². The molecule has 0 saturated carbocycles. The summed E-state index contributed by atoms with van der Waals surface area (Å²) in [5, 5.41) is 3.20. The van der Waals surface area contributed by atoms with Crippen molar-refractivity contribution in [2.24, 2.45) is 0 Å². The molecule has 0 aliphatic rings. The summed E-state index contributed by atoms with van der Waals surface area (Å²) in [4.78, 5) is 20.9. The lowest BCUT2D eigenvalue weighted by Crippen LogP contribution is -2.12. The minimum Gasteiger partial charge on any atom is -0.302 e. The number of benzene rings is 1. The fraction of sp³-hybridized carbons (Fsp3) is 0.167. The van der Waals surface area contributed by atoms with Crippen molar-refractivity contribution < 1.29 is 13.6 Å². The van der Waals surface area contributed by atoms with Crippen molar-refractivity contribution in [3.63, 3.8) is 0 Å². The molecular weight excluding hydrogens is 344 g/mol. The SMILES string of the molecule is O=C(CCc1cccnc1)Nc1ncc(Cc2ccc(F)cc2F)s1. The van der Waals surface area contributed by atoms with Crippen LogP contribution >= 0.6 is 11.3 Å². The summed E-state index contributed by atoms with van der Waals surface area (Å²) in [5.41, 5.74) is 1.38. The maximum absolute atomic E-state index is 13.7. The Morgan fingerprint density at radius 3 is 2.84 bits per heavy atom. The summed E-state index contributed by atoms with van der Waals surface area (Å²) in [6.45, 7) is 0. The fourth-order valence-electron chi connectivity index (χ4n) is 2.29. The third-order valence-corrected chi connectivity index (χ3v) is 4.46. The average molecular weight is 359 g/mol. The van der Waals surface area contributed by atoms with Gasteiger partial charge in [0.15, 0.2) is 5.13 Å². The number of hydrogen-bond donors (Lipinski definition) is 1. The Morgan fingerprint density at radius 2 is 2.08 bits per heavy atom. The van der Waals surface area contributed by atoms with Crippen LogP contribution in [0.5, 0.6) is 0 Å². The molecule has 3 rings (SSSR count). The van der Waals surface area contributed by atoms with Gasteiger partial charge >= 0.3 is 0 Å². The first-order chi connectivity index (χ1) is 12.1. The van der Waals surface area contributed by atoms with Crippen LogP contribution in [0.1, 0.15) is 22.4 Å². The minimum atomic E-state index is -0.605. The highest BCUT2D eigenvalue weighted by Gasteiger charge is 2.10. The number of hydrogen-bond acceptors (Lipinski definition) is 4. The van der Waals surface area contributed by atoms with Gasteiger partial charge in [-0.25, -0.2) is 13.8 Å². The van der Waals surface area contributed by atoms with Crippen LogP contribution in [0.15, 0.2) is 48.9 Å². The normalized spacial score (nSPS) is 10.6. The predicted molar refractivity (Wildman–Crippen MR) is 92.5 cm³/mol. The van der Waals surface area contributed by atoms with Crippen molar-refractivity contribution in [3.8, 4) is 0 Å². The topological polar surface area (TPSA) is 54.9 Å². The van der Waals surface area contributed by atoms with Gasteiger partial charge in [-0.3, -0.25) is 9.78 Å². The molecule has 0 spiro atoms. The molecule has 0 fully saturated rings. The van der Waals surface area contributed by atoms with Crippen LogP contribution < -0.4 is 5.32 Å². The first-order valence-corrected chi connectivity index (χ1v) is 8.49. The second-order valence-corrected chi connectivity index (χ2v) is 6.57. The van der Waals surface area contributed by atoms with Crippen LogP contribution in [0.4, 0.5) is 13.9 Å². The van der Waals surface area contributed by atoms with Gasteiger partial charge in [-0.05, 0) is 29.7 Å². The second kappa shape index (κ2) is 7.94. The lowest BCUT2D eigenvalue weighted by molar-refractivity contribution is -0.116. The number of rotatable bonds is 6. The zero-order valence-electron chi connectivity index (χ0n) is 13.2. The summed E-state index contributed by atoms with van der Waals surface area (Å²) >= 11 is 1.27. The van der Waals surface area contributed by atoms with Crippen molar-refractivity contribution >= 4 is 22.4 Å². The molecule has 0 radical (unpaired) electrons. The van der Waals surface area contributed by atoms with E-state index >= 15 is 0 Å². The van der Waals surface area contributed by atoms with Gasteiger partial charge in [0.05, 0.1) is 0 Å². The van der Waals surface area contributed by atoms with E-state index < -0.39 is 11.6 Å². The van der Waals surface area contributed by atoms with Gasteiger partial charge in [0.2, 0.25) is 5.91 Å². The number of nitrogens with one attached hydrogen (secondary N) is 1. The van der Waals surface area contributed by atoms with Crippen LogP contribution in [-0.2, 0) is 17.6 Å². The van der Waals surface area contributed by atoms with Gasteiger partial charge in [-0.15, -0.1) is 11.3 Å². The highest BCUT2D eigenvalue weighted by Crippen LogP contribution is 2.23. The number of thiazole rings is 1. The molecule has 0 aliphatic carbocycles. The third-order valence-electron chi connectivity index (χ3n) is 3.54. The Morgan fingerprint density at radius 1 is 1.20 bits per heavy atom. The number of nitrogens with zero attached hydrogens (tertiary/aromatic N) is 2. The zero-order valence-corrected chi connectivity index (χ0v) is 14.0. The largest absolute Gasteiger partial charge is 0.302 e. The molecule has 1 amide bonds. The monoisotopic (exact) mass is 359 g/mol. The van der Waals surface area contributed by atoms with Crippen LogP contribution in [0.25, 0.3) is 0 Å². The molecule has 4 nitrogen and oxygen atoms in total. The second-order valence-electron chi connectivity index (χ2n) is 5.45. The molecule has 2 aromatic heterocycles. The Kier molecular flexibility index (Phi) is 5.45. The average Bonchev–Trinajstić information content (AvgIpc) is 3.03. The van der Waals surface area contributed by atoms with E-state index in [2.05, 4.69) is 15.3 Å². The first-order valence-electron chi connectivity index (χ1n) is 7.67. The Labute approximate surface area is 147 Å². The van der Waals surface area contributed by atoms with Crippen molar-refractivity contribution in [1.82, 2.24) is 9.97 Å². The van der Waals surface area contributed by atoms with E-state index in [1.54, 1.807) is 18.6 Å². The quantitative estimate of drug-likeness (QED) is 0.724. The number of anilines is 1. The van der Waals surface area contributed by atoms with Gasteiger partial charge in [-0.2, -0.15) is 0 Å². The molecule has 0 saturated heterocycles. The van der Waals surface area contributed by atoms with Crippen LogP contribution in [0.2, 0.25) is 0 Å². The highest BCUT2D eigenvalue weighted by atomic mass is 32.1. The van der Waals surface area contributed by atoms with E-state index in [4.69, 9.17) is 0 Å². The van der Waals surface area contributed by atoms with Gasteiger partial charge in [0, 0.05) is 42.4 Å². The molecule has 0 bridgehead atoms. The summed E-state index contributed by atoms with van der Waals surface area (Å²) in [5.74, 6) is -1.33. The Bertz CT molecular complexity index is 868. The van der Waals surface area contributed by atoms with Crippen molar-refractivity contribution in [2.45, 2.75) is 19.3 Å². The lowest BCUT2D eigenvalue weighted by atomic mass is 10.1. The zero-order chi connectivity index (χ0) is 17.6. The third kappa shape index (κ3) is 4.90. The molecular formula is C18H15F2N3OS. The molecule has 128 valence electrons. The van der Waals surface area contributed by atoms with Gasteiger partial charge in [0.1, 0.15) is 11.6 Å². The van der Waals surface area contributed by atoms with Crippen LogP contribution in [-0.4, -0.2) is 15.9 Å². The van der Waals surface area contributed by atoms with Crippen LogP contribution in [0, 0.1) is 11.6 Å². The molecule has 25 heavy (non-hydrogen) atoms. The summed E-state index contributed by atoms with van der Waals surface area (Å²) in [6, 6.07) is 7.24. The predicted octanol–water partition coefficient (Wildman–Crippen LogP) is 3.98. The Hall–Kier alpha value is -2.67. The van der Waals surface area contributed by atoms with Gasteiger partial charge < -0.3 is 5.32 Å². The number of amides is 1. The van der Waals surface area contributed by atoms with Gasteiger partial charge in [-0.1, -0.05) is 12.1 Å². The number of pyridine rings is 1.